The van der Waals surface area contributed by atoms with Crippen LogP contribution in [0.5, 0.6) is 0 Å². The molecule has 2 aromatic carbocycles. The molecular weight excluding hydrogens is 300 g/mol. The summed E-state index contributed by atoms with van der Waals surface area (Å²) < 4.78 is 5.62. The van der Waals surface area contributed by atoms with Gasteiger partial charge in [0.1, 0.15) is 5.52 Å². The lowest BCUT2D eigenvalue weighted by Gasteiger charge is -2.16. The number of carbonyl (C=O) groups excluding carboxylic acids is 1. The van der Waals surface area contributed by atoms with Gasteiger partial charge in [-0.15, -0.1) is 0 Å². The maximum absolute atomic E-state index is 12.6. The van der Waals surface area contributed by atoms with Crippen molar-refractivity contribution in [2.45, 2.75) is 32.1 Å². The molecule has 1 saturated carbocycles. The van der Waals surface area contributed by atoms with Gasteiger partial charge >= 0.3 is 0 Å². The van der Waals surface area contributed by atoms with Crippen LogP contribution < -0.4 is 5.32 Å². The van der Waals surface area contributed by atoms with Crippen LogP contribution in [0.25, 0.3) is 11.1 Å². The van der Waals surface area contributed by atoms with Crippen molar-refractivity contribution in [3.05, 3.63) is 60.0 Å². The highest BCUT2D eigenvalue weighted by atomic mass is 16.3. The number of nitrogens with zero attached hydrogens (tertiary/aromatic N) is 1. The summed E-state index contributed by atoms with van der Waals surface area (Å²) in [5, 5.41) is 3.01. The molecule has 122 valence electrons. The fourth-order valence-corrected chi connectivity index (χ4v) is 3.32. The van der Waals surface area contributed by atoms with Crippen LogP contribution in [0.1, 0.15) is 36.6 Å². The van der Waals surface area contributed by atoms with Crippen LogP contribution in [0.4, 0.5) is 5.69 Å². The number of rotatable bonds is 5. The summed E-state index contributed by atoms with van der Waals surface area (Å²) in [6.07, 6.45) is 2.92. The van der Waals surface area contributed by atoms with Crippen molar-refractivity contribution in [2.75, 3.05) is 5.32 Å². The number of fused-ring (bicyclic) bond motifs is 1. The Morgan fingerprint density at radius 1 is 1.21 bits per heavy atom. The van der Waals surface area contributed by atoms with Gasteiger partial charge in [0.05, 0.1) is 5.69 Å². The Balaban J connectivity index is 1.53. The van der Waals surface area contributed by atoms with Gasteiger partial charge in [-0.3, -0.25) is 4.79 Å². The summed E-state index contributed by atoms with van der Waals surface area (Å²) in [4.78, 5) is 16.9. The summed E-state index contributed by atoms with van der Waals surface area (Å²) in [6, 6.07) is 16.0. The molecule has 1 aliphatic rings. The first-order valence-corrected chi connectivity index (χ1v) is 8.41. The monoisotopic (exact) mass is 320 g/mol. The maximum atomic E-state index is 12.6. The molecule has 0 radical (unpaired) electrons. The first kappa shape index (κ1) is 14.9. The highest BCUT2D eigenvalue weighted by Gasteiger charge is 2.33. The van der Waals surface area contributed by atoms with E-state index in [4.69, 9.17) is 4.42 Å². The van der Waals surface area contributed by atoms with Gasteiger partial charge in [-0.2, -0.15) is 0 Å². The van der Waals surface area contributed by atoms with Crippen LogP contribution in [0.2, 0.25) is 0 Å². The average molecular weight is 320 g/mol. The van der Waals surface area contributed by atoms with E-state index >= 15 is 0 Å². The molecule has 0 saturated heterocycles. The molecule has 3 aromatic rings. The molecule has 0 aliphatic heterocycles. The third kappa shape index (κ3) is 3.04. The van der Waals surface area contributed by atoms with Crippen molar-refractivity contribution in [3.63, 3.8) is 0 Å². The quantitative estimate of drug-likeness (QED) is 0.744. The molecular formula is C20H20N2O2. The van der Waals surface area contributed by atoms with Crippen molar-refractivity contribution in [1.82, 2.24) is 4.98 Å². The summed E-state index contributed by atoms with van der Waals surface area (Å²) in [5.74, 6) is 1.55. The Morgan fingerprint density at radius 2 is 2.00 bits per heavy atom. The minimum Gasteiger partial charge on any atom is -0.439 e. The molecule has 1 aromatic heterocycles. The molecule has 1 fully saturated rings. The molecule has 24 heavy (non-hydrogen) atoms. The van der Waals surface area contributed by atoms with E-state index in [1.807, 2.05) is 43.3 Å². The van der Waals surface area contributed by atoms with E-state index in [0.717, 1.165) is 5.52 Å². The van der Waals surface area contributed by atoms with Crippen LogP contribution in [0.15, 0.2) is 52.9 Å². The third-order valence-electron chi connectivity index (χ3n) is 4.62. The van der Waals surface area contributed by atoms with Gasteiger partial charge in [-0.25, -0.2) is 4.98 Å². The number of carbonyl (C=O) groups is 1. The van der Waals surface area contributed by atoms with Crippen molar-refractivity contribution in [2.24, 2.45) is 5.92 Å². The van der Waals surface area contributed by atoms with Crippen LogP contribution in [0.3, 0.4) is 0 Å². The minimum atomic E-state index is 0.0253. The van der Waals surface area contributed by atoms with Crippen LogP contribution in [-0.2, 0) is 4.79 Å². The smallest absolute Gasteiger partial charge is 0.225 e. The van der Waals surface area contributed by atoms with Crippen molar-refractivity contribution < 1.29 is 9.21 Å². The molecule has 1 atom stereocenters. The number of oxazole rings is 1. The summed E-state index contributed by atoms with van der Waals surface area (Å²) in [7, 11) is 0. The van der Waals surface area contributed by atoms with Crippen molar-refractivity contribution in [3.8, 4) is 0 Å². The largest absolute Gasteiger partial charge is 0.439 e. The topological polar surface area (TPSA) is 55.1 Å². The molecule has 0 bridgehead atoms. The number of nitrogens with one attached hydrogen (secondary N) is 1. The number of hydrogen-bond acceptors (Lipinski definition) is 3. The molecule has 4 rings (SSSR count). The Bertz CT molecular complexity index is 866. The van der Waals surface area contributed by atoms with Gasteiger partial charge in [0.25, 0.3) is 0 Å². The van der Waals surface area contributed by atoms with E-state index in [2.05, 4.69) is 22.4 Å². The molecule has 1 heterocycles. The fraction of sp³-hybridized carbons (Fsp3) is 0.300. The zero-order valence-electron chi connectivity index (χ0n) is 13.7. The zero-order valence-corrected chi connectivity index (χ0v) is 13.7. The van der Waals surface area contributed by atoms with E-state index in [-0.39, 0.29) is 5.91 Å². The van der Waals surface area contributed by atoms with E-state index in [1.54, 1.807) is 0 Å². The predicted octanol–water partition coefficient (Wildman–Crippen LogP) is 4.66. The molecule has 1 aliphatic carbocycles. The highest BCUT2D eigenvalue weighted by molar-refractivity contribution is 5.98. The fourth-order valence-electron chi connectivity index (χ4n) is 3.32. The van der Waals surface area contributed by atoms with E-state index in [9.17, 15) is 4.79 Å². The number of hydrogen-bond donors (Lipinski definition) is 1. The second-order valence-corrected chi connectivity index (χ2v) is 6.49. The summed E-state index contributed by atoms with van der Waals surface area (Å²) in [5.41, 5.74) is 3.36. The third-order valence-corrected chi connectivity index (χ3v) is 4.62. The van der Waals surface area contributed by atoms with Gasteiger partial charge in [0.2, 0.25) is 5.91 Å². The molecule has 4 heteroatoms. The van der Waals surface area contributed by atoms with Crippen molar-refractivity contribution >= 4 is 22.7 Å². The Labute approximate surface area is 140 Å². The van der Waals surface area contributed by atoms with Crippen LogP contribution in [0, 0.1) is 12.8 Å². The van der Waals surface area contributed by atoms with Gasteiger partial charge in [-0.05, 0) is 42.4 Å². The summed E-state index contributed by atoms with van der Waals surface area (Å²) in [6.45, 7) is 1.81. The maximum Gasteiger partial charge on any atom is 0.225 e. The van der Waals surface area contributed by atoms with E-state index < -0.39 is 0 Å². The van der Waals surface area contributed by atoms with Crippen LogP contribution >= 0.6 is 0 Å². The summed E-state index contributed by atoms with van der Waals surface area (Å²) >= 11 is 0. The Kier molecular flexibility index (Phi) is 3.81. The standard InChI is InChI=1S/C20H20N2O2/c1-13-21-17-8-5-9-18(20(17)24-13)22-19(23)12-16(15-10-11-15)14-6-3-2-4-7-14/h2-9,15-16H,10-12H2,1H3,(H,22,23). The second kappa shape index (κ2) is 6.11. The van der Waals surface area contributed by atoms with Crippen molar-refractivity contribution in [1.29, 1.82) is 0 Å². The normalized spacial score (nSPS) is 15.4. The minimum absolute atomic E-state index is 0.0253. The number of amides is 1. The van der Waals surface area contributed by atoms with Gasteiger partial charge in [0.15, 0.2) is 11.5 Å². The van der Waals surface area contributed by atoms with Gasteiger partial charge < -0.3 is 9.73 Å². The van der Waals surface area contributed by atoms with Gasteiger partial charge in [-0.1, -0.05) is 36.4 Å². The second-order valence-electron chi connectivity index (χ2n) is 6.49. The SMILES string of the molecule is Cc1nc2cccc(NC(=O)CC(c3ccccc3)C3CC3)c2o1. The molecule has 0 spiro atoms. The number of para-hydroxylation sites is 1. The molecule has 1 N–H and O–H groups in total. The lowest BCUT2D eigenvalue weighted by atomic mass is 9.91. The number of anilines is 1. The predicted molar refractivity (Wildman–Crippen MR) is 93.9 cm³/mol. The van der Waals surface area contributed by atoms with E-state index in [0.29, 0.717) is 35.4 Å². The molecule has 1 unspecified atom stereocenters. The first-order chi connectivity index (χ1) is 11.7. The van der Waals surface area contributed by atoms with Gasteiger partial charge in [0, 0.05) is 13.3 Å². The zero-order chi connectivity index (χ0) is 16.5. The first-order valence-electron chi connectivity index (χ1n) is 8.41. The Hall–Kier alpha value is -2.62. The molecule has 4 nitrogen and oxygen atoms in total. The van der Waals surface area contributed by atoms with E-state index in [1.165, 1.54) is 18.4 Å². The Morgan fingerprint density at radius 3 is 2.75 bits per heavy atom. The lowest BCUT2D eigenvalue weighted by Crippen LogP contribution is -2.17. The lowest BCUT2D eigenvalue weighted by molar-refractivity contribution is -0.116. The molecule has 1 amide bonds. The number of aryl methyl sites for hydroxylation is 1. The van der Waals surface area contributed by atoms with Crippen LogP contribution in [-0.4, -0.2) is 10.9 Å². The highest BCUT2D eigenvalue weighted by Crippen LogP contribution is 2.44. The average Bonchev–Trinajstić information content (AvgIpc) is 3.34. The number of aromatic nitrogens is 1. The number of benzene rings is 2.